The molecule has 4 nitrogen and oxygen atoms in total. The molecule has 3 rings (SSSR count). The molecule has 124 valence electrons. The molecule has 1 aliphatic carbocycles. The van der Waals surface area contributed by atoms with Gasteiger partial charge in [-0.3, -0.25) is 4.79 Å². The first kappa shape index (κ1) is 16.5. The van der Waals surface area contributed by atoms with Gasteiger partial charge in [0.05, 0.1) is 5.02 Å². The maximum atomic E-state index is 10.8. The van der Waals surface area contributed by atoms with E-state index in [1.54, 1.807) is 12.3 Å². The van der Waals surface area contributed by atoms with E-state index < -0.39 is 0 Å². The Morgan fingerprint density at radius 1 is 1.38 bits per heavy atom. The second-order valence-electron chi connectivity index (χ2n) is 5.84. The second-order valence-corrected chi connectivity index (χ2v) is 6.24. The molecule has 0 radical (unpaired) electrons. The van der Waals surface area contributed by atoms with Crippen LogP contribution in [0.1, 0.15) is 36.8 Å². The Kier molecular flexibility index (Phi) is 5.16. The van der Waals surface area contributed by atoms with E-state index in [0.717, 1.165) is 5.56 Å². The predicted molar refractivity (Wildman–Crippen MR) is 95.5 cm³/mol. The third kappa shape index (κ3) is 4.59. The van der Waals surface area contributed by atoms with Crippen LogP contribution in [0.25, 0.3) is 6.08 Å². The van der Waals surface area contributed by atoms with Gasteiger partial charge in [0.2, 0.25) is 11.8 Å². The van der Waals surface area contributed by atoms with Gasteiger partial charge >= 0.3 is 0 Å². The van der Waals surface area contributed by atoms with Crippen molar-refractivity contribution in [3.05, 3.63) is 58.8 Å². The number of ether oxygens (including phenoxy) is 1. The molecular formula is C19H19ClN2O2. The number of hydrogen-bond acceptors (Lipinski definition) is 3. The van der Waals surface area contributed by atoms with Gasteiger partial charge in [-0.1, -0.05) is 29.8 Å². The van der Waals surface area contributed by atoms with Gasteiger partial charge in [-0.15, -0.1) is 0 Å². The number of nitrogens with zero attached hydrogens (tertiary/aromatic N) is 1. The number of pyridine rings is 1. The molecule has 2 aromatic rings. The molecule has 1 fully saturated rings. The first-order chi connectivity index (χ1) is 11.6. The topological polar surface area (TPSA) is 51.2 Å². The van der Waals surface area contributed by atoms with Crippen LogP contribution in [0.4, 0.5) is 0 Å². The lowest BCUT2D eigenvalue weighted by atomic mass is 10.1. The van der Waals surface area contributed by atoms with Gasteiger partial charge in [-0.25, -0.2) is 4.98 Å². The minimum absolute atomic E-state index is 0.0499. The highest BCUT2D eigenvalue weighted by Gasteiger charge is 2.24. The summed E-state index contributed by atoms with van der Waals surface area (Å²) < 4.78 is 5.75. The molecule has 0 saturated heterocycles. The molecule has 1 aromatic carbocycles. The molecule has 1 saturated carbocycles. The van der Waals surface area contributed by atoms with Crippen LogP contribution in [0.15, 0.2) is 42.6 Å². The quantitative estimate of drug-likeness (QED) is 0.837. The lowest BCUT2D eigenvalue weighted by Crippen LogP contribution is -2.19. The number of amides is 1. The molecule has 1 aliphatic rings. The zero-order valence-corrected chi connectivity index (χ0v) is 14.2. The van der Waals surface area contributed by atoms with Gasteiger partial charge in [0.25, 0.3) is 0 Å². The fraction of sp³-hybridized carbons (Fsp3) is 0.263. The summed E-state index contributed by atoms with van der Waals surface area (Å²) in [5, 5.41) is 3.31. The van der Waals surface area contributed by atoms with E-state index >= 15 is 0 Å². The number of nitrogens with one attached hydrogen (secondary N) is 1. The van der Waals surface area contributed by atoms with Crippen molar-refractivity contribution in [1.29, 1.82) is 0 Å². The molecule has 1 amide bonds. The number of carbonyl (C=O) groups is 1. The third-order valence-corrected chi connectivity index (χ3v) is 4.05. The Bertz CT molecular complexity index is 752. The average Bonchev–Trinajstić information content (AvgIpc) is 3.40. The average molecular weight is 343 g/mol. The fourth-order valence-corrected chi connectivity index (χ4v) is 2.56. The van der Waals surface area contributed by atoms with Crippen molar-refractivity contribution in [2.75, 3.05) is 6.54 Å². The standard InChI is InChI=1S/C19H19ClN2O2/c1-13(23)21-10-2-3-14-4-9-19(22-12-14)24-18-8-7-16(11-17(18)20)15-5-6-15/h2-4,7-9,11-12,15H,5-6,10H2,1H3,(H,21,23)/b3-2+. The largest absolute Gasteiger partial charge is 0.437 e. The number of aromatic nitrogens is 1. The molecule has 0 atom stereocenters. The highest BCUT2D eigenvalue weighted by atomic mass is 35.5. The first-order valence-corrected chi connectivity index (χ1v) is 8.34. The third-order valence-electron chi connectivity index (χ3n) is 3.76. The molecule has 1 heterocycles. The highest BCUT2D eigenvalue weighted by molar-refractivity contribution is 6.32. The lowest BCUT2D eigenvalue weighted by molar-refractivity contribution is -0.118. The summed E-state index contributed by atoms with van der Waals surface area (Å²) in [5.74, 6) is 1.72. The first-order valence-electron chi connectivity index (χ1n) is 7.96. The number of halogens is 1. The van der Waals surface area contributed by atoms with Gasteiger partial charge in [-0.05, 0) is 48.1 Å². The van der Waals surface area contributed by atoms with E-state index in [9.17, 15) is 4.79 Å². The van der Waals surface area contributed by atoms with Crippen molar-refractivity contribution in [3.63, 3.8) is 0 Å². The van der Waals surface area contributed by atoms with Crippen LogP contribution in [0, 0.1) is 0 Å². The van der Waals surface area contributed by atoms with Gasteiger partial charge in [0.1, 0.15) is 5.75 Å². The van der Waals surface area contributed by atoms with Crippen LogP contribution in [-0.2, 0) is 4.79 Å². The van der Waals surface area contributed by atoms with E-state index in [1.807, 2.05) is 30.4 Å². The van der Waals surface area contributed by atoms with Crippen LogP contribution in [0.2, 0.25) is 5.02 Å². The van der Waals surface area contributed by atoms with Crippen LogP contribution in [0.3, 0.4) is 0 Å². The number of benzene rings is 1. The fourth-order valence-electron chi connectivity index (χ4n) is 2.33. The summed E-state index contributed by atoms with van der Waals surface area (Å²) >= 11 is 6.29. The van der Waals surface area contributed by atoms with Crippen molar-refractivity contribution in [2.45, 2.75) is 25.7 Å². The maximum absolute atomic E-state index is 10.8. The summed E-state index contributed by atoms with van der Waals surface area (Å²) in [7, 11) is 0. The van der Waals surface area contributed by atoms with Crippen molar-refractivity contribution < 1.29 is 9.53 Å². The predicted octanol–water partition coefficient (Wildman–Crippen LogP) is 4.55. The molecule has 0 unspecified atom stereocenters. The molecule has 1 aromatic heterocycles. The second kappa shape index (κ2) is 7.49. The van der Waals surface area contributed by atoms with Gasteiger partial charge in [0.15, 0.2) is 0 Å². The molecular weight excluding hydrogens is 324 g/mol. The summed E-state index contributed by atoms with van der Waals surface area (Å²) in [6.45, 7) is 1.99. The maximum Gasteiger partial charge on any atom is 0.219 e. The van der Waals surface area contributed by atoms with Gasteiger partial charge < -0.3 is 10.1 Å². The number of rotatable bonds is 6. The number of carbonyl (C=O) groups excluding carboxylic acids is 1. The molecule has 0 spiro atoms. The van der Waals surface area contributed by atoms with E-state index in [0.29, 0.717) is 29.1 Å². The Morgan fingerprint density at radius 2 is 2.21 bits per heavy atom. The van der Waals surface area contributed by atoms with Crippen LogP contribution >= 0.6 is 11.6 Å². The van der Waals surface area contributed by atoms with Gasteiger partial charge in [0, 0.05) is 25.7 Å². The van der Waals surface area contributed by atoms with E-state index in [2.05, 4.69) is 16.4 Å². The Labute approximate surface area is 146 Å². The van der Waals surface area contributed by atoms with E-state index in [1.165, 1.54) is 25.3 Å². The molecule has 1 N–H and O–H groups in total. The Morgan fingerprint density at radius 3 is 2.83 bits per heavy atom. The molecule has 0 bridgehead atoms. The zero-order chi connectivity index (χ0) is 16.9. The minimum atomic E-state index is -0.0499. The molecule has 0 aliphatic heterocycles. The summed E-state index contributed by atoms with van der Waals surface area (Å²) in [6, 6.07) is 9.65. The smallest absolute Gasteiger partial charge is 0.219 e. The lowest BCUT2D eigenvalue weighted by Gasteiger charge is -2.08. The highest BCUT2D eigenvalue weighted by Crippen LogP contribution is 2.42. The van der Waals surface area contributed by atoms with Crippen LogP contribution < -0.4 is 10.1 Å². The summed E-state index contributed by atoms with van der Waals surface area (Å²) in [6.07, 6.45) is 7.96. The Hall–Kier alpha value is -2.33. The van der Waals surface area contributed by atoms with E-state index in [-0.39, 0.29) is 5.91 Å². The van der Waals surface area contributed by atoms with Crippen molar-refractivity contribution >= 4 is 23.6 Å². The van der Waals surface area contributed by atoms with Crippen LogP contribution in [0.5, 0.6) is 11.6 Å². The normalized spacial score (nSPS) is 13.9. The summed E-state index contributed by atoms with van der Waals surface area (Å²) in [4.78, 5) is 15.1. The minimum Gasteiger partial charge on any atom is -0.437 e. The monoisotopic (exact) mass is 342 g/mol. The molecule has 5 heteroatoms. The van der Waals surface area contributed by atoms with Crippen molar-refractivity contribution in [2.24, 2.45) is 0 Å². The Balaban J connectivity index is 1.60. The van der Waals surface area contributed by atoms with E-state index in [4.69, 9.17) is 16.3 Å². The zero-order valence-electron chi connectivity index (χ0n) is 13.5. The number of hydrogen-bond donors (Lipinski definition) is 1. The van der Waals surface area contributed by atoms with Crippen LogP contribution in [-0.4, -0.2) is 17.4 Å². The van der Waals surface area contributed by atoms with Crippen molar-refractivity contribution in [1.82, 2.24) is 10.3 Å². The summed E-state index contributed by atoms with van der Waals surface area (Å²) in [5.41, 5.74) is 2.21. The SMILES string of the molecule is CC(=O)NC/C=C/c1ccc(Oc2ccc(C3CC3)cc2Cl)nc1. The van der Waals surface area contributed by atoms with Gasteiger partial charge in [-0.2, -0.15) is 0 Å². The van der Waals surface area contributed by atoms with Crippen molar-refractivity contribution in [3.8, 4) is 11.6 Å². The molecule has 24 heavy (non-hydrogen) atoms.